The highest BCUT2D eigenvalue weighted by atomic mass is 16.6. The van der Waals surface area contributed by atoms with Crippen molar-refractivity contribution in [2.24, 2.45) is 0 Å². The van der Waals surface area contributed by atoms with Crippen LogP contribution in [0.2, 0.25) is 0 Å². The first-order valence-electron chi connectivity index (χ1n) is 9.37. The number of carbonyl (C=O) groups is 2. The summed E-state index contributed by atoms with van der Waals surface area (Å²) in [5.41, 5.74) is 0.347. The number of alkyl carbamates (subject to hydrolysis) is 1. The zero-order valence-electron chi connectivity index (χ0n) is 18.2. The predicted octanol–water partition coefficient (Wildman–Crippen LogP) is 3.55. The number of hydrogen-bond acceptors (Lipinski definition) is 5. The molecule has 0 aliphatic rings. The van der Waals surface area contributed by atoms with Gasteiger partial charge in [-0.05, 0) is 48.5 Å². The summed E-state index contributed by atoms with van der Waals surface area (Å²) in [5, 5.41) is 7.45. The van der Waals surface area contributed by atoms with Gasteiger partial charge in [0.2, 0.25) is 0 Å². The standard InChI is InChI=1S/C20H35N3O4/c1-10-26-16(24)11-15-14(12-23(22-15)18(2,3)4)20(8,9)13-21-17(25)27-19(5,6)7/h12H,10-11,13H2,1-9H3,(H,21,25). The SMILES string of the molecule is CCOC(=O)Cc1nn(C(C)(C)C)cc1C(C)(C)CNC(=O)OC(C)(C)C. The lowest BCUT2D eigenvalue weighted by molar-refractivity contribution is -0.142. The third-order valence-corrected chi connectivity index (χ3v) is 3.90. The van der Waals surface area contributed by atoms with Gasteiger partial charge in [0.1, 0.15) is 5.60 Å². The number of hydrogen-bond donors (Lipinski definition) is 1. The predicted molar refractivity (Wildman–Crippen MR) is 105 cm³/mol. The number of rotatable bonds is 6. The monoisotopic (exact) mass is 381 g/mol. The number of ether oxygens (including phenoxy) is 2. The molecule has 7 nitrogen and oxygen atoms in total. The van der Waals surface area contributed by atoms with E-state index < -0.39 is 17.1 Å². The van der Waals surface area contributed by atoms with Crippen LogP contribution in [0.1, 0.15) is 73.6 Å². The van der Waals surface area contributed by atoms with E-state index in [0.717, 1.165) is 5.56 Å². The molecule has 1 aromatic rings. The van der Waals surface area contributed by atoms with Crippen molar-refractivity contribution in [1.82, 2.24) is 15.1 Å². The van der Waals surface area contributed by atoms with Crippen LogP contribution in [-0.4, -0.2) is 40.6 Å². The summed E-state index contributed by atoms with van der Waals surface area (Å²) >= 11 is 0. The fourth-order valence-corrected chi connectivity index (χ4v) is 2.50. The molecule has 0 spiro atoms. The summed E-state index contributed by atoms with van der Waals surface area (Å²) in [4.78, 5) is 24.0. The summed E-state index contributed by atoms with van der Waals surface area (Å²) in [6.07, 6.45) is 1.58. The molecule has 1 aromatic heterocycles. The Morgan fingerprint density at radius 1 is 1.11 bits per heavy atom. The van der Waals surface area contributed by atoms with E-state index in [2.05, 4.69) is 10.4 Å². The van der Waals surface area contributed by atoms with Crippen molar-refractivity contribution in [3.8, 4) is 0 Å². The van der Waals surface area contributed by atoms with Gasteiger partial charge in [-0.3, -0.25) is 9.48 Å². The second-order valence-corrected chi connectivity index (χ2v) is 9.33. The van der Waals surface area contributed by atoms with Gasteiger partial charge in [0.05, 0.1) is 24.3 Å². The molecular formula is C20H35N3O4. The van der Waals surface area contributed by atoms with Gasteiger partial charge in [-0.15, -0.1) is 0 Å². The van der Waals surface area contributed by atoms with Gasteiger partial charge >= 0.3 is 12.1 Å². The molecule has 0 atom stereocenters. The summed E-state index contributed by atoms with van der Waals surface area (Å²) < 4.78 is 12.2. The zero-order valence-corrected chi connectivity index (χ0v) is 18.2. The highest BCUT2D eigenvalue weighted by molar-refractivity contribution is 5.72. The number of carbonyl (C=O) groups excluding carboxylic acids is 2. The molecule has 0 radical (unpaired) electrons. The smallest absolute Gasteiger partial charge is 0.407 e. The van der Waals surface area contributed by atoms with Crippen LogP contribution in [-0.2, 0) is 31.6 Å². The van der Waals surface area contributed by atoms with Gasteiger partial charge in [-0.2, -0.15) is 5.10 Å². The molecule has 0 aromatic carbocycles. The molecule has 27 heavy (non-hydrogen) atoms. The van der Waals surface area contributed by atoms with E-state index in [0.29, 0.717) is 18.8 Å². The van der Waals surface area contributed by atoms with Crippen molar-refractivity contribution in [1.29, 1.82) is 0 Å². The van der Waals surface area contributed by atoms with E-state index in [1.54, 1.807) is 6.92 Å². The lowest BCUT2D eigenvalue weighted by Gasteiger charge is -2.27. The Kier molecular flexibility index (Phi) is 7.08. The minimum atomic E-state index is -0.555. The molecule has 1 rings (SSSR count). The van der Waals surface area contributed by atoms with Crippen LogP contribution in [0, 0.1) is 0 Å². The number of nitrogens with one attached hydrogen (secondary N) is 1. The first-order chi connectivity index (χ1) is 12.2. The maximum atomic E-state index is 12.0. The Labute approximate surface area is 162 Å². The first-order valence-corrected chi connectivity index (χ1v) is 9.37. The summed E-state index contributed by atoms with van der Waals surface area (Å²) in [7, 11) is 0. The van der Waals surface area contributed by atoms with Crippen LogP contribution in [0.5, 0.6) is 0 Å². The maximum Gasteiger partial charge on any atom is 0.407 e. The Morgan fingerprint density at radius 2 is 1.70 bits per heavy atom. The molecular weight excluding hydrogens is 346 g/mol. The Morgan fingerprint density at radius 3 is 2.19 bits per heavy atom. The van der Waals surface area contributed by atoms with Crippen molar-refractivity contribution in [3.63, 3.8) is 0 Å². The third kappa shape index (κ3) is 7.23. The zero-order chi connectivity index (χ0) is 21.0. The van der Waals surface area contributed by atoms with E-state index in [-0.39, 0.29) is 17.9 Å². The van der Waals surface area contributed by atoms with Crippen molar-refractivity contribution in [2.75, 3.05) is 13.2 Å². The van der Waals surface area contributed by atoms with Crippen molar-refractivity contribution in [2.45, 2.75) is 85.3 Å². The molecule has 0 saturated carbocycles. The Hall–Kier alpha value is -2.05. The first kappa shape index (κ1) is 23.0. The minimum absolute atomic E-state index is 0.0993. The van der Waals surface area contributed by atoms with Gasteiger partial charge in [0, 0.05) is 23.7 Å². The molecule has 1 N–H and O–H groups in total. The maximum absolute atomic E-state index is 12.0. The van der Waals surface area contributed by atoms with Gasteiger partial charge in [-0.25, -0.2) is 4.79 Å². The molecule has 0 fully saturated rings. The van der Waals surface area contributed by atoms with Gasteiger partial charge < -0.3 is 14.8 Å². The highest BCUT2D eigenvalue weighted by Gasteiger charge is 2.31. The van der Waals surface area contributed by atoms with Crippen molar-refractivity contribution < 1.29 is 19.1 Å². The molecule has 7 heteroatoms. The second kappa shape index (κ2) is 8.31. The highest BCUT2D eigenvalue weighted by Crippen LogP contribution is 2.28. The van der Waals surface area contributed by atoms with Gasteiger partial charge in [0.15, 0.2) is 0 Å². The fraction of sp³-hybridized carbons (Fsp3) is 0.750. The summed E-state index contributed by atoms with van der Waals surface area (Å²) in [6, 6.07) is 0. The van der Waals surface area contributed by atoms with Gasteiger partial charge in [-0.1, -0.05) is 13.8 Å². The van der Waals surface area contributed by atoms with E-state index in [1.165, 1.54) is 0 Å². The average Bonchev–Trinajstić information content (AvgIpc) is 2.88. The third-order valence-electron chi connectivity index (χ3n) is 3.90. The van der Waals surface area contributed by atoms with E-state index in [9.17, 15) is 9.59 Å². The molecule has 0 saturated heterocycles. The van der Waals surface area contributed by atoms with E-state index in [1.807, 2.05) is 66.3 Å². The van der Waals surface area contributed by atoms with Crippen molar-refractivity contribution in [3.05, 3.63) is 17.5 Å². The molecule has 0 aliphatic heterocycles. The Bertz CT molecular complexity index is 664. The second-order valence-electron chi connectivity index (χ2n) is 9.33. The molecule has 1 amide bonds. The molecule has 1 heterocycles. The van der Waals surface area contributed by atoms with Gasteiger partial charge in [0.25, 0.3) is 0 Å². The topological polar surface area (TPSA) is 82.5 Å². The lowest BCUT2D eigenvalue weighted by atomic mass is 9.84. The van der Waals surface area contributed by atoms with E-state index >= 15 is 0 Å². The quantitative estimate of drug-likeness (QED) is 0.762. The van der Waals surface area contributed by atoms with Crippen LogP contribution >= 0.6 is 0 Å². The Balaban J connectivity index is 3.07. The molecule has 0 bridgehead atoms. The summed E-state index contributed by atoms with van der Waals surface area (Å²) in [5.74, 6) is -0.311. The molecule has 0 aliphatic carbocycles. The summed E-state index contributed by atoms with van der Waals surface area (Å²) in [6.45, 7) is 18.1. The van der Waals surface area contributed by atoms with E-state index in [4.69, 9.17) is 9.47 Å². The minimum Gasteiger partial charge on any atom is -0.466 e. The van der Waals surface area contributed by atoms with Crippen LogP contribution in [0.4, 0.5) is 4.79 Å². The van der Waals surface area contributed by atoms with Crippen LogP contribution < -0.4 is 5.32 Å². The molecule has 154 valence electrons. The number of amides is 1. The van der Waals surface area contributed by atoms with Crippen molar-refractivity contribution >= 4 is 12.1 Å². The largest absolute Gasteiger partial charge is 0.466 e. The average molecular weight is 382 g/mol. The van der Waals surface area contributed by atoms with Crippen LogP contribution in [0.3, 0.4) is 0 Å². The van der Waals surface area contributed by atoms with Crippen LogP contribution in [0.15, 0.2) is 6.20 Å². The lowest BCUT2D eigenvalue weighted by Crippen LogP contribution is -2.40. The normalized spacial score (nSPS) is 12.6. The number of nitrogens with zero attached hydrogens (tertiary/aromatic N) is 2. The number of aromatic nitrogens is 2. The molecule has 0 unspecified atom stereocenters. The fourth-order valence-electron chi connectivity index (χ4n) is 2.50. The number of esters is 1. The van der Waals surface area contributed by atoms with Crippen LogP contribution in [0.25, 0.3) is 0 Å².